The number of hydrogen-bond donors (Lipinski definition) is 3. The average molecular weight is 340 g/mol. The number of nitrogens with one attached hydrogen (secondary N) is 2. The first kappa shape index (κ1) is 16.0. The summed E-state index contributed by atoms with van der Waals surface area (Å²) in [5.41, 5.74) is 10.7. The number of benzene rings is 1. The highest BCUT2D eigenvalue weighted by Crippen LogP contribution is 2.32. The third-order valence-electron chi connectivity index (χ3n) is 5.03. The Morgan fingerprint density at radius 1 is 1.40 bits per heavy atom. The van der Waals surface area contributed by atoms with Crippen molar-refractivity contribution in [3.8, 4) is 0 Å². The normalized spacial score (nSPS) is 17.8. The Morgan fingerprint density at radius 3 is 3.16 bits per heavy atom. The van der Waals surface area contributed by atoms with Gasteiger partial charge in [-0.3, -0.25) is 0 Å². The number of aromatic nitrogens is 4. The molecule has 7 heteroatoms. The smallest absolute Gasteiger partial charge is 0.178 e. The first-order valence-corrected chi connectivity index (χ1v) is 8.60. The summed E-state index contributed by atoms with van der Waals surface area (Å²) in [6.07, 6.45) is 2.94. The quantitative estimate of drug-likeness (QED) is 0.664. The van der Waals surface area contributed by atoms with Crippen LogP contribution in [0.15, 0.2) is 24.3 Å². The van der Waals surface area contributed by atoms with E-state index in [1.807, 2.05) is 12.1 Å². The van der Waals surface area contributed by atoms with Crippen LogP contribution < -0.4 is 11.1 Å². The lowest BCUT2D eigenvalue weighted by Crippen LogP contribution is -2.21. The summed E-state index contributed by atoms with van der Waals surface area (Å²) in [5, 5.41) is 14.3. The van der Waals surface area contributed by atoms with Crippen molar-refractivity contribution in [1.29, 1.82) is 0 Å². The van der Waals surface area contributed by atoms with Crippen LogP contribution in [0.3, 0.4) is 0 Å². The molecule has 2 heterocycles. The Kier molecular flexibility index (Phi) is 4.09. The van der Waals surface area contributed by atoms with Gasteiger partial charge >= 0.3 is 0 Å². The van der Waals surface area contributed by atoms with Crippen molar-refractivity contribution in [3.63, 3.8) is 0 Å². The van der Waals surface area contributed by atoms with Gasteiger partial charge in [0.2, 0.25) is 0 Å². The second kappa shape index (κ2) is 6.40. The highest BCUT2D eigenvalue weighted by Gasteiger charge is 2.22. The lowest BCUT2D eigenvalue weighted by atomic mass is 9.97. The number of nitrogen functional groups attached to an aromatic ring is 1. The molecule has 6 nitrogen and oxygen atoms in total. The minimum absolute atomic E-state index is 0.165. The van der Waals surface area contributed by atoms with E-state index >= 15 is 0 Å². The van der Waals surface area contributed by atoms with E-state index < -0.39 is 0 Å². The summed E-state index contributed by atoms with van der Waals surface area (Å²) < 4.78 is 13.5. The number of fused-ring (bicyclic) bond motifs is 2. The monoisotopic (exact) mass is 340 g/mol. The molecule has 0 aliphatic heterocycles. The van der Waals surface area contributed by atoms with Gasteiger partial charge in [0.25, 0.3) is 0 Å². The van der Waals surface area contributed by atoms with Crippen LogP contribution in [0.4, 0.5) is 10.2 Å². The number of hydrogen-bond acceptors (Lipinski definition) is 5. The molecular formula is C18H21FN6. The molecule has 25 heavy (non-hydrogen) atoms. The fourth-order valence-electron chi connectivity index (χ4n) is 3.67. The summed E-state index contributed by atoms with van der Waals surface area (Å²) in [7, 11) is 0. The van der Waals surface area contributed by atoms with E-state index in [0.29, 0.717) is 11.5 Å². The molecule has 0 spiro atoms. The number of nitrogens with two attached hydrogens (primary N) is 1. The van der Waals surface area contributed by atoms with Crippen LogP contribution in [0.5, 0.6) is 0 Å². The van der Waals surface area contributed by atoms with E-state index in [4.69, 9.17) is 5.73 Å². The van der Waals surface area contributed by atoms with Gasteiger partial charge in [0.1, 0.15) is 17.2 Å². The predicted molar refractivity (Wildman–Crippen MR) is 94.6 cm³/mol. The summed E-state index contributed by atoms with van der Waals surface area (Å²) in [4.78, 5) is 4.20. The van der Waals surface area contributed by atoms with E-state index in [2.05, 4.69) is 32.6 Å². The lowest BCUT2D eigenvalue weighted by Gasteiger charge is -2.17. The van der Waals surface area contributed by atoms with Crippen molar-refractivity contribution in [2.45, 2.75) is 38.1 Å². The van der Waals surface area contributed by atoms with E-state index in [-0.39, 0.29) is 17.8 Å². The van der Waals surface area contributed by atoms with Crippen molar-refractivity contribution < 1.29 is 4.39 Å². The van der Waals surface area contributed by atoms with Gasteiger partial charge in [-0.05, 0) is 66.6 Å². The third kappa shape index (κ3) is 3.07. The summed E-state index contributed by atoms with van der Waals surface area (Å²) >= 11 is 0. The second-order valence-electron chi connectivity index (χ2n) is 6.72. The fraction of sp³-hybridized carbons (Fsp3) is 0.389. The Hall–Kier alpha value is -2.54. The number of aromatic amines is 1. The number of nitrogens with zero attached hydrogens (tertiary/aromatic N) is 3. The maximum absolute atomic E-state index is 13.5. The number of halogens is 1. The SMILES string of the molecule is CC(CCN[C@H]1CCc2ccc(F)cc21)c1cc(N)nc2[nH]nnc12. The Bertz CT molecular complexity index is 906. The predicted octanol–water partition coefficient (Wildman–Crippen LogP) is 2.84. The summed E-state index contributed by atoms with van der Waals surface area (Å²) in [6, 6.07) is 7.20. The zero-order chi connectivity index (χ0) is 17.4. The van der Waals surface area contributed by atoms with Gasteiger partial charge in [0, 0.05) is 6.04 Å². The molecule has 2 aromatic heterocycles. The Labute approximate surface area is 145 Å². The van der Waals surface area contributed by atoms with Crippen LogP contribution in [-0.2, 0) is 6.42 Å². The molecule has 1 aliphatic carbocycles. The van der Waals surface area contributed by atoms with E-state index in [1.165, 1.54) is 5.56 Å². The van der Waals surface area contributed by atoms with Crippen LogP contribution in [-0.4, -0.2) is 26.9 Å². The Balaban J connectivity index is 1.42. The summed E-state index contributed by atoms with van der Waals surface area (Å²) in [5.74, 6) is 0.564. The van der Waals surface area contributed by atoms with Crippen molar-refractivity contribution in [3.05, 3.63) is 46.8 Å². The number of H-pyrrole nitrogens is 1. The molecule has 0 saturated carbocycles. The van der Waals surface area contributed by atoms with Crippen LogP contribution in [0.2, 0.25) is 0 Å². The first-order chi connectivity index (χ1) is 12.1. The topological polar surface area (TPSA) is 92.5 Å². The molecule has 4 rings (SSSR count). The van der Waals surface area contributed by atoms with Crippen LogP contribution >= 0.6 is 0 Å². The van der Waals surface area contributed by atoms with Gasteiger partial charge in [0.05, 0.1) is 0 Å². The minimum atomic E-state index is -0.165. The molecule has 0 saturated heterocycles. The molecular weight excluding hydrogens is 319 g/mol. The number of aryl methyl sites for hydroxylation is 1. The van der Waals surface area contributed by atoms with Gasteiger partial charge in [-0.2, -0.15) is 0 Å². The maximum Gasteiger partial charge on any atom is 0.178 e. The molecule has 3 aromatic rings. The molecule has 130 valence electrons. The number of pyridine rings is 1. The second-order valence-corrected chi connectivity index (χ2v) is 6.72. The number of anilines is 1. The van der Waals surface area contributed by atoms with Crippen molar-refractivity contribution in [1.82, 2.24) is 25.7 Å². The highest BCUT2D eigenvalue weighted by atomic mass is 19.1. The molecule has 0 bridgehead atoms. The van der Waals surface area contributed by atoms with Gasteiger partial charge in [0.15, 0.2) is 5.65 Å². The van der Waals surface area contributed by atoms with Gasteiger partial charge in [-0.1, -0.05) is 18.2 Å². The molecule has 0 fully saturated rings. The third-order valence-corrected chi connectivity index (χ3v) is 5.03. The van der Waals surface area contributed by atoms with E-state index in [0.717, 1.165) is 42.5 Å². The average Bonchev–Trinajstić information content (AvgIpc) is 3.20. The highest BCUT2D eigenvalue weighted by molar-refractivity contribution is 5.76. The van der Waals surface area contributed by atoms with Gasteiger partial charge in [-0.25, -0.2) is 14.5 Å². The molecule has 2 atom stereocenters. The standard InChI is InChI=1S/C18H21FN6/c1-10(13-9-16(20)22-18-17(13)23-25-24-18)6-7-21-15-5-3-11-2-4-12(19)8-14(11)15/h2,4,8-10,15,21H,3,5-7H2,1H3,(H3,20,22,23,24,25)/t10?,15-/m0/s1. The maximum atomic E-state index is 13.5. The molecule has 0 radical (unpaired) electrons. The lowest BCUT2D eigenvalue weighted by molar-refractivity contribution is 0.500. The van der Waals surface area contributed by atoms with E-state index in [9.17, 15) is 4.39 Å². The van der Waals surface area contributed by atoms with Gasteiger partial charge < -0.3 is 11.1 Å². The van der Waals surface area contributed by atoms with Crippen molar-refractivity contribution in [2.75, 3.05) is 12.3 Å². The summed E-state index contributed by atoms with van der Waals surface area (Å²) in [6.45, 7) is 2.98. The van der Waals surface area contributed by atoms with Crippen molar-refractivity contribution in [2.24, 2.45) is 0 Å². The van der Waals surface area contributed by atoms with Crippen LogP contribution in [0, 0.1) is 5.82 Å². The van der Waals surface area contributed by atoms with Crippen molar-refractivity contribution >= 4 is 17.0 Å². The molecule has 0 amide bonds. The first-order valence-electron chi connectivity index (χ1n) is 8.60. The molecule has 1 aromatic carbocycles. The zero-order valence-corrected chi connectivity index (χ0v) is 14.1. The zero-order valence-electron chi connectivity index (χ0n) is 14.1. The van der Waals surface area contributed by atoms with Crippen LogP contribution in [0.25, 0.3) is 11.2 Å². The molecule has 4 N–H and O–H groups in total. The number of rotatable bonds is 5. The fourth-order valence-corrected chi connectivity index (χ4v) is 3.67. The van der Waals surface area contributed by atoms with Gasteiger partial charge in [-0.15, -0.1) is 5.10 Å². The van der Waals surface area contributed by atoms with E-state index in [1.54, 1.807) is 12.1 Å². The minimum Gasteiger partial charge on any atom is -0.384 e. The largest absolute Gasteiger partial charge is 0.384 e. The Morgan fingerprint density at radius 2 is 2.28 bits per heavy atom. The molecule has 1 aliphatic rings. The molecule has 1 unspecified atom stereocenters. The van der Waals surface area contributed by atoms with Crippen LogP contribution in [0.1, 0.15) is 48.4 Å².